The number of anilines is 1. The Balaban J connectivity index is 0.00000109. The van der Waals surface area contributed by atoms with Crippen LogP contribution in [0.4, 0.5) is 5.82 Å². The topological polar surface area (TPSA) is 67.8 Å². The maximum atomic E-state index is 12.3. The molecule has 28 heavy (non-hydrogen) atoms. The number of fused-ring (bicyclic) bond motifs is 1. The SMILES string of the molecule is CC.Cc1cc2scnc2cc1-c1cnc(NC(=O)c2ccccc2Cl)cn1. The van der Waals surface area contributed by atoms with Crippen LogP contribution in [-0.4, -0.2) is 20.9 Å². The van der Waals surface area contributed by atoms with E-state index in [4.69, 9.17) is 11.6 Å². The van der Waals surface area contributed by atoms with Gasteiger partial charge in [-0.25, -0.2) is 9.97 Å². The van der Waals surface area contributed by atoms with Crippen LogP contribution >= 0.6 is 22.9 Å². The van der Waals surface area contributed by atoms with Gasteiger partial charge >= 0.3 is 0 Å². The summed E-state index contributed by atoms with van der Waals surface area (Å²) in [6.07, 6.45) is 3.18. The number of rotatable bonds is 3. The molecule has 0 saturated carbocycles. The van der Waals surface area contributed by atoms with Gasteiger partial charge in [0, 0.05) is 5.56 Å². The molecule has 0 radical (unpaired) electrons. The Morgan fingerprint density at radius 1 is 1.07 bits per heavy atom. The molecule has 1 N–H and O–H groups in total. The van der Waals surface area contributed by atoms with E-state index in [9.17, 15) is 4.79 Å². The molecule has 1 amide bonds. The lowest BCUT2D eigenvalue weighted by molar-refractivity contribution is 0.102. The summed E-state index contributed by atoms with van der Waals surface area (Å²) in [6.45, 7) is 6.03. The number of nitrogens with zero attached hydrogens (tertiary/aromatic N) is 3. The summed E-state index contributed by atoms with van der Waals surface area (Å²) in [5.41, 5.74) is 5.96. The van der Waals surface area contributed by atoms with Crippen LogP contribution in [0.5, 0.6) is 0 Å². The summed E-state index contributed by atoms with van der Waals surface area (Å²) in [4.78, 5) is 25.4. The Bertz CT molecular complexity index is 1110. The molecule has 0 aliphatic rings. The molecular formula is C21H19ClN4OS. The molecule has 0 aliphatic heterocycles. The van der Waals surface area contributed by atoms with Crippen molar-refractivity contribution in [2.24, 2.45) is 0 Å². The van der Waals surface area contributed by atoms with Gasteiger partial charge in [-0.15, -0.1) is 11.3 Å². The lowest BCUT2D eigenvalue weighted by Gasteiger charge is -2.08. The zero-order valence-corrected chi connectivity index (χ0v) is 17.3. The second-order valence-electron chi connectivity index (χ2n) is 5.71. The van der Waals surface area contributed by atoms with Gasteiger partial charge in [0.1, 0.15) is 0 Å². The van der Waals surface area contributed by atoms with Crippen molar-refractivity contribution in [2.45, 2.75) is 20.8 Å². The van der Waals surface area contributed by atoms with Crippen molar-refractivity contribution in [3.05, 3.63) is 70.5 Å². The summed E-state index contributed by atoms with van der Waals surface area (Å²) >= 11 is 7.65. The Hall–Kier alpha value is -2.83. The molecule has 0 spiro atoms. The molecule has 0 unspecified atom stereocenters. The summed E-state index contributed by atoms with van der Waals surface area (Å²) < 4.78 is 1.14. The van der Waals surface area contributed by atoms with Crippen molar-refractivity contribution in [2.75, 3.05) is 5.32 Å². The highest BCUT2D eigenvalue weighted by Crippen LogP contribution is 2.28. The smallest absolute Gasteiger partial charge is 0.258 e. The van der Waals surface area contributed by atoms with Crippen molar-refractivity contribution in [3.8, 4) is 11.3 Å². The first-order valence-electron chi connectivity index (χ1n) is 8.84. The fraction of sp³-hybridized carbons (Fsp3) is 0.143. The van der Waals surface area contributed by atoms with Crippen LogP contribution in [0, 0.1) is 6.92 Å². The fourth-order valence-electron chi connectivity index (χ4n) is 2.64. The number of carbonyl (C=O) groups excluding carboxylic acids is 1. The lowest BCUT2D eigenvalue weighted by Crippen LogP contribution is -2.13. The number of aromatic nitrogens is 3. The standard InChI is InChI=1S/C19H13ClN4OS.C2H6/c1-11-6-17-15(23-10-26-17)7-13(11)16-8-22-18(9-21-16)24-19(25)12-4-2-3-5-14(12)20;1-2/h2-10H,1H3,(H,22,24,25);1-2H3. The molecule has 2 aromatic heterocycles. The quantitative estimate of drug-likeness (QED) is 0.450. The number of carbonyl (C=O) groups is 1. The molecule has 2 heterocycles. The van der Waals surface area contributed by atoms with Crippen LogP contribution in [0.15, 0.2) is 54.3 Å². The number of aryl methyl sites for hydroxylation is 1. The number of amides is 1. The van der Waals surface area contributed by atoms with Gasteiger partial charge in [-0.05, 0) is 36.8 Å². The van der Waals surface area contributed by atoms with E-state index < -0.39 is 0 Å². The summed E-state index contributed by atoms with van der Waals surface area (Å²) in [5.74, 6) is 0.0452. The molecule has 0 aliphatic carbocycles. The number of thiazole rings is 1. The first-order chi connectivity index (χ1) is 13.6. The van der Waals surface area contributed by atoms with Crippen LogP contribution in [0.2, 0.25) is 5.02 Å². The van der Waals surface area contributed by atoms with E-state index in [0.29, 0.717) is 16.4 Å². The fourth-order valence-corrected chi connectivity index (χ4v) is 3.62. The van der Waals surface area contributed by atoms with Gasteiger partial charge < -0.3 is 5.32 Å². The predicted molar refractivity (Wildman–Crippen MR) is 116 cm³/mol. The Kier molecular flexibility index (Phi) is 6.34. The van der Waals surface area contributed by atoms with Crippen LogP contribution in [0.3, 0.4) is 0 Å². The van der Waals surface area contributed by atoms with Gasteiger partial charge in [-0.3, -0.25) is 9.78 Å². The van der Waals surface area contributed by atoms with E-state index in [-0.39, 0.29) is 5.91 Å². The third kappa shape index (κ3) is 4.18. The van der Waals surface area contributed by atoms with Crippen molar-refractivity contribution >= 4 is 44.9 Å². The van der Waals surface area contributed by atoms with E-state index in [2.05, 4.69) is 26.3 Å². The normalized spacial score (nSPS) is 10.3. The highest BCUT2D eigenvalue weighted by atomic mass is 35.5. The minimum atomic E-state index is -0.322. The average Bonchev–Trinajstić information content (AvgIpc) is 3.17. The first kappa shape index (κ1) is 19.9. The number of benzene rings is 2. The van der Waals surface area contributed by atoms with Gasteiger partial charge in [-0.1, -0.05) is 37.6 Å². The predicted octanol–water partition coefficient (Wildman–Crippen LogP) is 5.99. The molecule has 4 rings (SSSR count). The molecule has 0 atom stereocenters. The van der Waals surface area contributed by atoms with Crippen molar-refractivity contribution in [1.29, 1.82) is 0 Å². The molecule has 0 saturated heterocycles. The second kappa shape index (κ2) is 8.91. The molecule has 4 aromatic rings. The molecular weight excluding hydrogens is 392 g/mol. The molecule has 7 heteroatoms. The monoisotopic (exact) mass is 410 g/mol. The third-order valence-electron chi connectivity index (χ3n) is 3.97. The van der Waals surface area contributed by atoms with E-state index in [1.165, 1.54) is 6.20 Å². The van der Waals surface area contributed by atoms with E-state index in [0.717, 1.165) is 27.0 Å². The lowest BCUT2D eigenvalue weighted by atomic mass is 10.1. The van der Waals surface area contributed by atoms with Crippen LogP contribution in [0.1, 0.15) is 29.8 Å². The Morgan fingerprint density at radius 2 is 1.86 bits per heavy atom. The van der Waals surface area contributed by atoms with E-state index >= 15 is 0 Å². The van der Waals surface area contributed by atoms with E-state index in [1.54, 1.807) is 41.8 Å². The molecule has 0 bridgehead atoms. The highest BCUT2D eigenvalue weighted by Gasteiger charge is 2.12. The van der Waals surface area contributed by atoms with Gasteiger partial charge in [0.05, 0.1) is 44.4 Å². The largest absolute Gasteiger partial charge is 0.305 e. The summed E-state index contributed by atoms with van der Waals surface area (Å²) in [6, 6.07) is 11.0. The van der Waals surface area contributed by atoms with Crippen molar-refractivity contribution < 1.29 is 4.79 Å². The van der Waals surface area contributed by atoms with Gasteiger partial charge in [0.25, 0.3) is 5.91 Å². The van der Waals surface area contributed by atoms with Gasteiger partial charge in [0.2, 0.25) is 0 Å². The number of hydrogen-bond donors (Lipinski definition) is 1. The van der Waals surface area contributed by atoms with Crippen LogP contribution < -0.4 is 5.32 Å². The van der Waals surface area contributed by atoms with Crippen molar-refractivity contribution in [3.63, 3.8) is 0 Å². The molecule has 2 aromatic carbocycles. The highest BCUT2D eigenvalue weighted by molar-refractivity contribution is 7.16. The number of nitrogens with one attached hydrogen (secondary N) is 1. The average molecular weight is 411 g/mol. The van der Waals surface area contributed by atoms with Crippen molar-refractivity contribution in [1.82, 2.24) is 15.0 Å². The zero-order valence-electron chi connectivity index (χ0n) is 15.7. The van der Waals surface area contributed by atoms with Crippen LogP contribution in [-0.2, 0) is 0 Å². The summed E-state index contributed by atoms with van der Waals surface area (Å²) in [7, 11) is 0. The third-order valence-corrected chi connectivity index (χ3v) is 5.09. The molecule has 142 valence electrons. The number of halogens is 1. The zero-order chi connectivity index (χ0) is 20.1. The Labute approximate surface area is 172 Å². The summed E-state index contributed by atoms with van der Waals surface area (Å²) in [5, 5.41) is 3.10. The minimum Gasteiger partial charge on any atom is -0.305 e. The number of hydrogen-bond acceptors (Lipinski definition) is 5. The van der Waals surface area contributed by atoms with Crippen LogP contribution in [0.25, 0.3) is 21.5 Å². The van der Waals surface area contributed by atoms with Gasteiger partial charge in [-0.2, -0.15) is 0 Å². The first-order valence-corrected chi connectivity index (χ1v) is 10.1. The van der Waals surface area contributed by atoms with E-state index in [1.807, 2.05) is 32.3 Å². The Morgan fingerprint density at radius 3 is 2.57 bits per heavy atom. The molecule has 5 nitrogen and oxygen atoms in total. The maximum Gasteiger partial charge on any atom is 0.258 e. The minimum absolute atomic E-state index is 0.322. The van der Waals surface area contributed by atoms with Gasteiger partial charge in [0.15, 0.2) is 5.82 Å². The maximum absolute atomic E-state index is 12.3. The molecule has 0 fully saturated rings. The second-order valence-corrected chi connectivity index (χ2v) is 7.00.